The molecular weight excluding hydrogens is 306 g/mol. The molecule has 0 atom stereocenters. The van der Waals surface area contributed by atoms with Crippen LogP contribution in [0.5, 0.6) is 11.5 Å². The number of nitrogen functional groups attached to an aromatic ring is 1. The number of benzene rings is 2. The number of anilines is 1. The Morgan fingerprint density at radius 2 is 1.77 bits per heavy atom. The van der Waals surface area contributed by atoms with Crippen LogP contribution in [0.2, 0.25) is 0 Å². The van der Waals surface area contributed by atoms with E-state index in [9.17, 15) is 13.2 Å². The van der Waals surface area contributed by atoms with Gasteiger partial charge in [-0.15, -0.1) is 0 Å². The number of hydrogen-bond donors (Lipinski definition) is 1. The summed E-state index contributed by atoms with van der Waals surface area (Å²) in [6, 6.07) is 11.1. The third-order valence-corrected chi connectivity index (χ3v) is 3.97. The van der Waals surface area contributed by atoms with E-state index in [4.69, 9.17) is 10.5 Å². The van der Waals surface area contributed by atoms with Crippen LogP contribution in [-0.2, 0) is 14.6 Å². The highest BCUT2D eigenvalue weighted by molar-refractivity contribution is 7.90. The molecule has 116 valence electrons. The van der Waals surface area contributed by atoms with Crippen LogP contribution in [0.25, 0.3) is 0 Å². The SMILES string of the molecule is COC(=O)c1cc(N)c(Oc2ccccc2)c(S(C)(=O)=O)c1. The van der Waals surface area contributed by atoms with Crippen LogP contribution in [0.1, 0.15) is 10.4 Å². The van der Waals surface area contributed by atoms with Crippen LogP contribution in [0.3, 0.4) is 0 Å². The minimum Gasteiger partial charge on any atom is -0.465 e. The molecule has 2 aromatic rings. The van der Waals surface area contributed by atoms with E-state index in [1.807, 2.05) is 0 Å². The number of nitrogens with two attached hydrogens (primary N) is 1. The third kappa shape index (κ3) is 3.37. The highest BCUT2D eigenvalue weighted by atomic mass is 32.2. The predicted molar refractivity (Wildman–Crippen MR) is 81.8 cm³/mol. The van der Waals surface area contributed by atoms with Crippen LogP contribution in [0.15, 0.2) is 47.4 Å². The van der Waals surface area contributed by atoms with Gasteiger partial charge in [0.15, 0.2) is 15.6 Å². The Hall–Kier alpha value is -2.54. The van der Waals surface area contributed by atoms with E-state index < -0.39 is 15.8 Å². The summed E-state index contributed by atoms with van der Waals surface area (Å²) in [5.41, 5.74) is 5.94. The van der Waals surface area contributed by atoms with Crippen LogP contribution in [0, 0.1) is 0 Å². The first-order valence-corrected chi connectivity index (χ1v) is 8.17. The first-order valence-electron chi connectivity index (χ1n) is 6.27. The second-order valence-electron chi connectivity index (χ2n) is 4.57. The fraction of sp³-hybridized carbons (Fsp3) is 0.133. The molecule has 0 saturated carbocycles. The number of rotatable bonds is 4. The lowest BCUT2D eigenvalue weighted by Crippen LogP contribution is -2.08. The molecule has 0 heterocycles. The topological polar surface area (TPSA) is 95.7 Å². The number of carbonyl (C=O) groups is 1. The van der Waals surface area contributed by atoms with Crippen LogP contribution in [0.4, 0.5) is 5.69 Å². The Bertz CT molecular complexity index is 800. The molecule has 0 aliphatic heterocycles. The Morgan fingerprint density at radius 1 is 1.14 bits per heavy atom. The van der Waals surface area contributed by atoms with Crippen molar-refractivity contribution in [3.05, 3.63) is 48.0 Å². The Labute approximate surface area is 128 Å². The normalized spacial score (nSPS) is 11.0. The van der Waals surface area contributed by atoms with E-state index in [1.165, 1.54) is 19.2 Å². The Balaban J connectivity index is 2.60. The van der Waals surface area contributed by atoms with E-state index in [-0.39, 0.29) is 21.9 Å². The summed E-state index contributed by atoms with van der Waals surface area (Å²) in [5, 5.41) is 0. The monoisotopic (exact) mass is 321 g/mol. The lowest BCUT2D eigenvalue weighted by atomic mass is 10.2. The summed E-state index contributed by atoms with van der Waals surface area (Å²) in [7, 11) is -2.45. The molecule has 0 fully saturated rings. The maximum absolute atomic E-state index is 12.0. The summed E-state index contributed by atoms with van der Waals surface area (Å²) in [5.74, 6) is -0.255. The zero-order valence-electron chi connectivity index (χ0n) is 12.1. The fourth-order valence-electron chi connectivity index (χ4n) is 1.85. The summed E-state index contributed by atoms with van der Waals surface area (Å²) >= 11 is 0. The number of esters is 1. The molecule has 6 nitrogen and oxygen atoms in total. The molecular formula is C15H15NO5S. The molecule has 0 unspecified atom stereocenters. The van der Waals surface area contributed by atoms with Gasteiger partial charge in [0.05, 0.1) is 18.4 Å². The fourth-order valence-corrected chi connectivity index (χ4v) is 2.69. The van der Waals surface area contributed by atoms with Crippen molar-refractivity contribution >= 4 is 21.5 Å². The number of ether oxygens (including phenoxy) is 2. The number of carbonyl (C=O) groups excluding carboxylic acids is 1. The van der Waals surface area contributed by atoms with E-state index in [2.05, 4.69) is 4.74 Å². The van der Waals surface area contributed by atoms with Gasteiger partial charge in [-0.3, -0.25) is 0 Å². The van der Waals surface area contributed by atoms with Crippen molar-refractivity contribution in [2.75, 3.05) is 19.1 Å². The van der Waals surface area contributed by atoms with Gasteiger partial charge in [0.25, 0.3) is 0 Å². The van der Waals surface area contributed by atoms with Gasteiger partial charge in [-0.25, -0.2) is 13.2 Å². The second-order valence-corrected chi connectivity index (χ2v) is 6.56. The summed E-state index contributed by atoms with van der Waals surface area (Å²) in [6.07, 6.45) is 1.01. The molecule has 7 heteroatoms. The molecule has 0 aliphatic carbocycles. The van der Waals surface area contributed by atoms with E-state index in [0.717, 1.165) is 6.26 Å². The lowest BCUT2D eigenvalue weighted by molar-refractivity contribution is 0.0600. The second kappa shape index (κ2) is 6.07. The Morgan fingerprint density at radius 3 is 2.32 bits per heavy atom. The molecule has 2 N–H and O–H groups in total. The van der Waals surface area contributed by atoms with Crippen molar-refractivity contribution in [1.82, 2.24) is 0 Å². The molecule has 0 bridgehead atoms. The molecule has 0 aromatic heterocycles. The van der Waals surface area contributed by atoms with Gasteiger partial charge in [0.2, 0.25) is 0 Å². The smallest absolute Gasteiger partial charge is 0.337 e. The van der Waals surface area contributed by atoms with Crippen molar-refractivity contribution in [3.8, 4) is 11.5 Å². The summed E-state index contributed by atoms with van der Waals surface area (Å²) in [4.78, 5) is 11.4. The molecule has 0 aliphatic rings. The minimum absolute atomic E-state index is 0.0126. The highest BCUT2D eigenvalue weighted by Crippen LogP contribution is 2.35. The van der Waals surface area contributed by atoms with Crippen molar-refractivity contribution in [3.63, 3.8) is 0 Å². The third-order valence-electron chi connectivity index (χ3n) is 2.87. The van der Waals surface area contributed by atoms with Gasteiger partial charge in [0.1, 0.15) is 10.6 Å². The first kappa shape index (κ1) is 15.8. The summed E-state index contributed by atoms with van der Waals surface area (Å²) in [6.45, 7) is 0. The van der Waals surface area contributed by atoms with Crippen LogP contribution >= 0.6 is 0 Å². The van der Waals surface area contributed by atoms with Gasteiger partial charge in [-0.1, -0.05) is 18.2 Å². The van der Waals surface area contributed by atoms with E-state index >= 15 is 0 Å². The van der Waals surface area contributed by atoms with Crippen molar-refractivity contribution < 1.29 is 22.7 Å². The van der Waals surface area contributed by atoms with Crippen LogP contribution < -0.4 is 10.5 Å². The summed E-state index contributed by atoms with van der Waals surface area (Å²) < 4.78 is 34.1. The van der Waals surface area contributed by atoms with Gasteiger partial charge in [-0.05, 0) is 24.3 Å². The van der Waals surface area contributed by atoms with Gasteiger partial charge >= 0.3 is 5.97 Å². The maximum Gasteiger partial charge on any atom is 0.337 e. The zero-order valence-corrected chi connectivity index (χ0v) is 12.9. The number of hydrogen-bond acceptors (Lipinski definition) is 6. The Kier molecular flexibility index (Phi) is 4.37. The van der Waals surface area contributed by atoms with E-state index in [1.54, 1.807) is 30.3 Å². The van der Waals surface area contributed by atoms with Gasteiger partial charge in [-0.2, -0.15) is 0 Å². The molecule has 2 rings (SSSR count). The maximum atomic E-state index is 12.0. The molecule has 0 saturated heterocycles. The lowest BCUT2D eigenvalue weighted by Gasteiger charge is -2.14. The minimum atomic E-state index is -3.65. The van der Waals surface area contributed by atoms with Gasteiger partial charge < -0.3 is 15.2 Å². The average molecular weight is 321 g/mol. The van der Waals surface area contributed by atoms with Crippen molar-refractivity contribution in [2.24, 2.45) is 0 Å². The molecule has 0 radical (unpaired) electrons. The molecule has 2 aromatic carbocycles. The first-order chi connectivity index (χ1) is 10.3. The highest BCUT2D eigenvalue weighted by Gasteiger charge is 2.22. The molecule has 0 amide bonds. The average Bonchev–Trinajstić information content (AvgIpc) is 2.48. The number of para-hydroxylation sites is 1. The largest absolute Gasteiger partial charge is 0.465 e. The zero-order chi connectivity index (χ0) is 16.3. The molecule has 22 heavy (non-hydrogen) atoms. The molecule has 0 spiro atoms. The number of sulfone groups is 1. The van der Waals surface area contributed by atoms with Crippen LogP contribution in [-0.4, -0.2) is 27.8 Å². The quantitative estimate of drug-likeness (QED) is 0.685. The predicted octanol–water partition coefficient (Wildman–Crippen LogP) is 2.25. The standard InChI is InChI=1S/C15H15NO5S/c1-20-15(17)10-8-12(16)14(13(9-10)22(2,18)19)21-11-6-4-3-5-7-11/h3-9H,16H2,1-2H3. The van der Waals surface area contributed by atoms with E-state index in [0.29, 0.717) is 5.75 Å². The van der Waals surface area contributed by atoms with Gasteiger partial charge in [0, 0.05) is 6.26 Å². The van der Waals surface area contributed by atoms with Crippen molar-refractivity contribution in [1.29, 1.82) is 0 Å². The van der Waals surface area contributed by atoms with Crippen molar-refractivity contribution in [2.45, 2.75) is 4.90 Å². The number of methoxy groups -OCH3 is 1.